The van der Waals surface area contributed by atoms with E-state index in [1.54, 1.807) is 0 Å². The lowest BCUT2D eigenvalue weighted by atomic mass is 10.1. The van der Waals surface area contributed by atoms with Crippen LogP contribution in [0.3, 0.4) is 0 Å². The molecule has 0 bridgehead atoms. The number of rotatable bonds is 5. The number of benzene rings is 1. The standard InChI is InChI=1S/C18H21N7O/c1-11-16-8-15(26-18(16)20-12(2)19-11)10-25(3)9-13-5-4-6-14(7-13)17-21-23-24-22-17/h4-7,15H,8-10H2,1-3H3,(H,21,22,23,24). The van der Waals surface area contributed by atoms with Gasteiger partial charge in [0.1, 0.15) is 11.9 Å². The van der Waals surface area contributed by atoms with Gasteiger partial charge in [-0.25, -0.2) is 4.98 Å². The number of nitrogens with zero attached hydrogens (tertiary/aromatic N) is 6. The molecule has 1 aliphatic heterocycles. The molecule has 8 nitrogen and oxygen atoms in total. The fourth-order valence-corrected chi connectivity index (χ4v) is 3.38. The van der Waals surface area contributed by atoms with Crippen molar-refractivity contribution in [3.05, 3.63) is 46.9 Å². The first kappa shape index (κ1) is 16.6. The number of tetrazole rings is 1. The molecule has 1 unspecified atom stereocenters. The van der Waals surface area contributed by atoms with Crippen LogP contribution in [0, 0.1) is 13.8 Å². The van der Waals surface area contributed by atoms with Gasteiger partial charge in [-0.3, -0.25) is 4.90 Å². The molecule has 3 heterocycles. The van der Waals surface area contributed by atoms with Crippen LogP contribution in [0.1, 0.15) is 22.6 Å². The average molecular weight is 351 g/mol. The zero-order valence-electron chi connectivity index (χ0n) is 15.1. The van der Waals surface area contributed by atoms with Crippen molar-refractivity contribution in [3.63, 3.8) is 0 Å². The average Bonchev–Trinajstić information content (AvgIpc) is 3.24. The Labute approximate surface area is 151 Å². The van der Waals surface area contributed by atoms with Gasteiger partial charge in [0.25, 0.3) is 0 Å². The van der Waals surface area contributed by atoms with E-state index in [1.165, 1.54) is 5.56 Å². The van der Waals surface area contributed by atoms with Gasteiger partial charge >= 0.3 is 0 Å². The lowest BCUT2D eigenvalue weighted by Gasteiger charge is -2.20. The third kappa shape index (κ3) is 3.41. The minimum absolute atomic E-state index is 0.102. The number of ether oxygens (including phenoxy) is 1. The maximum Gasteiger partial charge on any atom is 0.220 e. The maximum atomic E-state index is 6.03. The lowest BCUT2D eigenvalue weighted by Crippen LogP contribution is -2.31. The van der Waals surface area contributed by atoms with Crippen LogP contribution in [0.15, 0.2) is 24.3 Å². The third-order valence-corrected chi connectivity index (χ3v) is 4.50. The topological polar surface area (TPSA) is 92.7 Å². The molecule has 1 aromatic carbocycles. The molecule has 0 fully saturated rings. The molecule has 0 saturated carbocycles. The second-order valence-corrected chi connectivity index (χ2v) is 6.72. The Morgan fingerprint density at radius 3 is 2.96 bits per heavy atom. The van der Waals surface area contributed by atoms with Gasteiger partial charge in [-0.2, -0.15) is 10.2 Å². The number of H-pyrrole nitrogens is 1. The van der Waals surface area contributed by atoms with E-state index in [2.05, 4.69) is 54.7 Å². The van der Waals surface area contributed by atoms with E-state index < -0.39 is 0 Å². The highest BCUT2D eigenvalue weighted by Gasteiger charge is 2.27. The second-order valence-electron chi connectivity index (χ2n) is 6.72. The highest BCUT2D eigenvalue weighted by Crippen LogP contribution is 2.29. The van der Waals surface area contributed by atoms with Crippen LogP contribution >= 0.6 is 0 Å². The molecule has 0 radical (unpaired) electrons. The van der Waals surface area contributed by atoms with Crippen molar-refractivity contribution in [2.45, 2.75) is 32.9 Å². The van der Waals surface area contributed by atoms with Crippen LogP contribution in [0.4, 0.5) is 0 Å². The first-order chi connectivity index (χ1) is 12.6. The molecule has 26 heavy (non-hydrogen) atoms. The molecule has 4 rings (SSSR count). The Morgan fingerprint density at radius 1 is 1.27 bits per heavy atom. The molecule has 1 atom stereocenters. The van der Waals surface area contributed by atoms with Crippen molar-refractivity contribution in [2.75, 3.05) is 13.6 Å². The predicted octanol–water partition coefficient (Wildman–Crippen LogP) is 1.71. The van der Waals surface area contributed by atoms with Crippen LogP contribution in [-0.2, 0) is 13.0 Å². The molecule has 134 valence electrons. The van der Waals surface area contributed by atoms with E-state index in [-0.39, 0.29) is 6.10 Å². The number of hydrogen-bond acceptors (Lipinski definition) is 7. The van der Waals surface area contributed by atoms with Crippen molar-refractivity contribution >= 4 is 0 Å². The fourth-order valence-electron chi connectivity index (χ4n) is 3.38. The fraction of sp³-hybridized carbons (Fsp3) is 0.389. The summed E-state index contributed by atoms with van der Waals surface area (Å²) in [6, 6.07) is 8.18. The molecule has 0 aliphatic carbocycles. The molecule has 0 saturated heterocycles. The van der Waals surface area contributed by atoms with Crippen LogP contribution in [0.25, 0.3) is 11.4 Å². The minimum atomic E-state index is 0.102. The van der Waals surface area contributed by atoms with Gasteiger partial charge in [-0.1, -0.05) is 18.2 Å². The van der Waals surface area contributed by atoms with E-state index in [4.69, 9.17) is 4.74 Å². The van der Waals surface area contributed by atoms with Crippen LogP contribution < -0.4 is 4.74 Å². The Bertz CT molecular complexity index is 910. The lowest BCUT2D eigenvalue weighted by molar-refractivity contribution is 0.160. The number of fused-ring (bicyclic) bond motifs is 1. The van der Waals surface area contributed by atoms with E-state index in [0.717, 1.165) is 48.0 Å². The zero-order valence-corrected chi connectivity index (χ0v) is 15.1. The van der Waals surface area contributed by atoms with E-state index >= 15 is 0 Å². The zero-order chi connectivity index (χ0) is 18.1. The third-order valence-electron chi connectivity index (χ3n) is 4.50. The Hall–Kier alpha value is -2.87. The molecule has 1 aliphatic rings. The summed E-state index contributed by atoms with van der Waals surface area (Å²) >= 11 is 0. The Balaban J connectivity index is 1.40. The van der Waals surface area contributed by atoms with Crippen molar-refractivity contribution < 1.29 is 4.74 Å². The van der Waals surface area contributed by atoms with Gasteiger partial charge in [0.05, 0.1) is 0 Å². The predicted molar refractivity (Wildman–Crippen MR) is 95.6 cm³/mol. The second kappa shape index (κ2) is 6.80. The Kier molecular flexibility index (Phi) is 4.34. The molecule has 8 heteroatoms. The molecule has 0 amide bonds. The summed E-state index contributed by atoms with van der Waals surface area (Å²) < 4.78 is 6.03. The van der Waals surface area contributed by atoms with E-state index in [0.29, 0.717) is 5.82 Å². The van der Waals surface area contributed by atoms with Gasteiger partial charge in [-0.15, -0.1) is 10.2 Å². The number of aryl methyl sites for hydroxylation is 2. The highest BCUT2D eigenvalue weighted by molar-refractivity contribution is 5.54. The smallest absolute Gasteiger partial charge is 0.220 e. The highest BCUT2D eigenvalue weighted by atomic mass is 16.5. The van der Waals surface area contributed by atoms with Crippen LogP contribution in [0.5, 0.6) is 5.88 Å². The van der Waals surface area contributed by atoms with Gasteiger partial charge < -0.3 is 4.74 Å². The summed E-state index contributed by atoms with van der Waals surface area (Å²) in [4.78, 5) is 11.1. The monoisotopic (exact) mass is 351 g/mol. The summed E-state index contributed by atoms with van der Waals surface area (Å²) in [6.07, 6.45) is 0.958. The normalized spacial score (nSPS) is 15.9. The molecule has 3 aromatic rings. The van der Waals surface area contributed by atoms with Gasteiger partial charge in [0, 0.05) is 36.3 Å². The molecular weight excluding hydrogens is 330 g/mol. The number of aromatic amines is 1. The number of aromatic nitrogens is 6. The molecule has 0 spiro atoms. The summed E-state index contributed by atoms with van der Waals surface area (Å²) in [6.45, 7) is 5.55. The van der Waals surface area contributed by atoms with Crippen molar-refractivity contribution in [1.82, 2.24) is 35.5 Å². The molecular formula is C18H21N7O. The van der Waals surface area contributed by atoms with Crippen molar-refractivity contribution in [3.8, 4) is 17.3 Å². The first-order valence-electron chi connectivity index (χ1n) is 8.60. The van der Waals surface area contributed by atoms with Crippen molar-refractivity contribution in [2.24, 2.45) is 0 Å². The summed E-state index contributed by atoms with van der Waals surface area (Å²) in [7, 11) is 2.09. The van der Waals surface area contributed by atoms with Crippen LogP contribution in [-0.4, -0.2) is 55.2 Å². The van der Waals surface area contributed by atoms with E-state index in [1.807, 2.05) is 26.0 Å². The molecule has 2 aromatic heterocycles. The Morgan fingerprint density at radius 2 is 2.15 bits per heavy atom. The van der Waals surface area contributed by atoms with E-state index in [9.17, 15) is 0 Å². The van der Waals surface area contributed by atoms with Gasteiger partial charge in [0.2, 0.25) is 11.7 Å². The number of likely N-dealkylation sites (N-methyl/N-ethyl adjacent to an activating group) is 1. The SMILES string of the molecule is Cc1nc(C)c2c(n1)OC(CN(C)Cc1cccc(-c3nn[nH]n3)c1)C2. The van der Waals surface area contributed by atoms with Crippen molar-refractivity contribution in [1.29, 1.82) is 0 Å². The quantitative estimate of drug-likeness (QED) is 0.748. The summed E-state index contributed by atoms with van der Waals surface area (Å²) in [5, 5.41) is 14.2. The first-order valence-corrected chi connectivity index (χ1v) is 8.60. The largest absolute Gasteiger partial charge is 0.472 e. The molecule has 1 N–H and O–H groups in total. The maximum absolute atomic E-state index is 6.03. The number of hydrogen-bond donors (Lipinski definition) is 1. The number of nitrogens with one attached hydrogen (secondary N) is 1. The van der Waals surface area contributed by atoms with Gasteiger partial charge in [0.15, 0.2) is 0 Å². The summed E-state index contributed by atoms with van der Waals surface area (Å²) in [5.74, 6) is 2.11. The van der Waals surface area contributed by atoms with Crippen LogP contribution in [0.2, 0.25) is 0 Å². The van der Waals surface area contributed by atoms with Gasteiger partial charge in [-0.05, 0) is 37.7 Å². The summed E-state index contributed by atoms with van der Waals surface area (Å²) in [5.41, 5.74) is 4.30. The minimum Gasteiger partial charge on any atom is -0.472 e.